The van der Waals surface area contributed by atoms with Gasteiger partial charge in [0.05, 0.1) is 18.6 Å². The SMILES string of the molecule is O=C(N[C@@H]1CCOC1)C(c1ccccc1)c1ccccc1. The largest absolute Gasteiger partial charge is 0.379 e. The molecule has 1 aliphatic heterocycles. The van der Waals surface area contributed by atoms with Crippen LogP contribution in [0.2, 0.25) is 0 Å². The van der Waals surface area contributed by atoms with Gasteiger partial charge in [0.2, 0.25) is 5.91 Å². The van der Waals surface area contributed by atoms with Crippen molar-refractivity contribution >= 4 is 5.91 Å². The Bertz CT molecular complexity index is 537. The van der Waals surface area contributed by atoms with Crippen molar-refractivity contribution in [1.29, 1.82) is 0 Å². The average Bonchev–Trinajstić information content (AvgIpc) is 3.02. The summed E-state index contributed by atoms with van der Waals surface area (Å²) in [6.07, 6.45) is 0.891. The van der Waals surface area contributed by atoms with Gasteiger partial charge in [-0.25, -0.2) is 0 Å². The fourth-order valence-corrected chi connectivity index (χ4v) is 2.72. The van der Waals surface area contributed by atoms with Gasteiger partial charge in [-0.2, -0.15) is 0 Å². The lowest BCUT2D eigenvalue weighted by Gasteiger charge is -2.20. The monoisotopic (exact) mass is 281 g/mol. The van der Waals surface area contributed by atoms with Crippen LogP contribution >= 0.6 is 0 Å². The third-order valence-corrected chi connectivity index (χ3v) is 3.80. The highest BCUT2D eigenvalue weighted by Gasteiger charge is 2.26. The Labute approximate surface area is 124 Å². The van der Waals surface area contributed by atoms with Crippen LogP contribution in [0.4, 0.5) is 0 Å². The van der Waals surface area contributed by atoms with Crippen molar-refractivity contribution < 1.29 is 9.53 Å². The van der Waals surface area contributed by atoms with Crippen LogP contribution in [0.15, 0.2) is 60.7 Å². The highest BCUT2D eigenvalue weighted by Crippen LogP contribution is 2.25. The van der Waals surface area contributed by atoms with Crippen molar-refractivity contribution in [2.75, 3.05) is 13.2 Å². The number of hydrogen-bond acceptors (Lipinski definition) is 2. The minimum atomic E-state index is -0.270. The zero-order valence-electron chi connectivity index (χ0n) is 11.9. The quantitative estimate of drug-likeness (QED) is 0.936. The van der Waals surface area contributed by atoms with E-state index in [4.69, 9.17) is 4.74 Å². The summed E-state index contributed by atoms with van der Waals surface area (Å²) < 4.78 is 5.33. The van der Waals surface area contributed by atoms with E-state index in [2.05, 4.69) is 5.32 Å². The molecule has 3 nitrogen and oxygen atoms in total. The third-order valence-electron chi connectivity index (χ3n) is 3.80. The van der Waals surface area contributed by atoms with Gasteiger partial charge < -0.3 is 10.1 Å². The molecule has 1 amide bonds. The van der Waals surface area contributed by atoms with E-state index < -0.39 is 0 Å². The molecule has 1 aliphatic rings. The molecule has 0 bridgehead atoms. The van der Waals surface area contributed by atoms with Gasteiger partial charge in [-0.15, -0.1) is 0 Å². The molecule has 0 unspecified atom stereocenters. The Morgan fingerprint density at radius 2 is 1.57 bits per heavy atom. The number of amides is 1. The zero-order chi connectivity index (χ0) is 14.5. The van der Waals surface area contributed by atoms with Gasteiger partial charge in [-0.1, -0.05) is 60.7 Å². The molecule has 21 heavy (non-hydrogen) atoms. The molecule has 1 heterocycles. The summed E-state index contributed by atoms with van der Waals surface area (Å²) in [6, 6.07) is 20.0. The number of carbonyl (C=O) groups excluding carboxylic acids is 1. The molecule has 0 saturated carbocycles. The molecule has 0 radical (unpaired) electrons. The highest BCUT2D eigenvalue weighted by molar-refractivity contribution is 5.87. The molecule has 1 saturated heterocycles. The van der Waals surface area contributed by atoms with Crippen molar-refractivity contribution in [3.05, 3.63) is 71.8 Å². The number of ether oxygens (including phenoxy) is 1. The summed E-state index contributed by atoms with van der Waals surface area (Å²) in [5.74, 6) is -0.226. The molecule has 2 aromatic rings. The van der Waals surface area contributed by atoms with Crippen molar-refractivity contribution in [3.63, 3.8) is 0 Å². The van der Waals surface area contributed by atoms with Gasteiger partial charge in [0.25, 0.3) is 0 Å². The molecule has 1 N–H and O–H groups in total. The van der Waals surface area contributed by atoms with Gasteiger partial charge >= 0.3 is 0 Å². The molecular weight excluding hydrogens is 262 g/mol. The van der Waals surface area contributed by atoms with E-state index in [0.717, 1.165) is 24.2 Å². The normalized spacial score (nSPS) is 17.9. The first kappa shape index (κ1) is 13.8. The van der Waals surface area contributed by atoms with E-state index in [1.54, 1.807) is 0 Å². The van der Waals surface area contributed by atoms with E-state index >= 15 is 0 Å². The van der Waals surface area contributed by atoms with Crippen molar-refractivity contribution in [2.45, 2.75) is 18.4 Å². The summed E-state index contributed by atoms with van der Waals surface area (Å²) in [4.78, 5) is 12.7. The molecule has 2 aromatic carbocycles. The topological polar surface area (TPSA) is 38.3 Å². The average molecular weight is 281 g/mol. The Kier molecular flexibility index (Phi) is 4.31. The standard InChI is InChI=1S/C18H19NO2/c20-18(19-16-11-12-21-13-16)17(14-7-3-1-4-8-14)15-9-5-2-6-10-15/h1-10,16-17H,11-13H2,(H,19,20)/t16-/m1/s1. The van der Waals surface area contributed by atoms with Gasteiger partial charge in [-0.3, -0.25) is 4.79 Å². The number of hydrogen-bond donors (Lipinski definition) is 1. The van der Waals surface area contributed by atoms with Gasteiger partial charge in [-0.05, 0) is 17.5 Å². The van der Waals surface area contributed by atoms with E-state index in [1.807, 2.05) is 60.7 Å². The van der Waals surface area contributed by atoms with Crippen LogP contribution < -0.4 is 5.32 Å². The van der Waals surface area contributed by atoms with Crippen LogP contribution in [0.1, 0.15) is 23.5 Å². The van der Waals surface area contributed by atoms with E-state index in [-0.39, 0.29) is 17.9 Å². The Morgan fingerprint density at radius 1 is 1.00 bits per heavy atom. The number of carbonyl (C=O) groups is 1. The molecule has 1 fully saturated rings. The van der Waals surface area contributed by atoms with Gasteiger partial charge in [0.1, 0.15) is 0 Å². The molecular formula is C18H19NO2. The number of benzene rings is 2. The van der Waals surface area contributed by atoms with Crippen LogP contribution in [-0.4, -0.2) is 25.2 Å². The molecule has 0 aromatic heterocycles. The van der Waals surface area contributed by atoms with Crippen LogP contribution in [0.3, 0.4) is 0 Å². The van der Waals surface area contributed by atoms with Crippen LogP contribution in [0, 0.1) is 0 Å². The fourth-order valence-electron chi connectivity index (χ4n) is 2.72. The third kappa shape index (κ3) is 3.31. The molecule has 0 spiro atoms. The lowest BCUT2D eigenvalue weighted by atomic mass is 9.90. The predicted molar refractivity (Wildman–Crippen MR) is 82.1 cm³/mol. The van der Waals surface area contributed by atoms with Crippen LogP contribution in [0.25, 0.3) is 0 Å². The minimum absolute atomic E-state index is 0.0444. The molecule has 3 heteroatoms. The predicted octanol–water partition coefficient (Wildman–Crippen LogP) is 2.72. The lowest BCUT2D eigenvalue weighted by molar-refractivity contribution is -0.122. The summed E-state index contributed by atoms with van der Waals surface area (Å²) >= 11 is 0. The number of rotatable bonds is 4. The van der Waals surface area contributed by atoms with E-state index in [0.29, 0.717) is 6.61 Å². The second kappa shape index (κ2) is 6.55. The van der Waals surface area contributed by atoms with Crippen LogP contribution in [-0.2, 0) is 9.53 Å². The molecule has 108 valence electrons. The summed E-state index contributed by atoms with van der Waals surface area (Å²) in [6.45, 7) is 1.34. The van der Waals surface area contributed by atoms with Crippen molar-refractivity contribution in [3.8, 4) is 0 Å². The maximum atomic E-state index is 12.7. The first-order valence-electron chi connectivity index (χ1n) is 7.32. The van der Waals surface area contributed by atoms with Crippen LogP contribution in [0.5, 0.6) is 0 Å². The summed E-state index contributed by atoms with van der Waals surface area (Å²) in [5, 5.41) is 3.11. The summed E-state index contributed by atoms with van der Waals surface area (Å²) in [7, 11) is 0. The van der Waals surface area contributed by atoms with Gasteiger partial charge in [0.15, 0.2) is 0 Å². The second-order valence-corrected chi connectivity index (χ2v) is 5.32. The molecule has 1 atom stereocenters. The lowest BCUT2D eigenvalue weighted by Crippen LogP contribution is -2.38. The zero-order valence-corrected chi connectivity index (χ0v) is 11.9. The van der Waals surface area contributed by atoms with E-state index in [1.165, 1.54) is 0 Å². The highest BCUT2D eigenvalue weighted by atomic mass is 16.5. The Morgan fingerprint density at radius 3 is 2.05 bits per heavy atom. The Hall–Kier alpha value is -2.13. The Balaban J connectivity index is 1.87. The summed E-state index contributed by atoms with van der Waals surface area (Å²) in [5.41, 5.74) is 2.03. The maximum Gasteiger partial charge on any atom is 0.232 e. The first-order chi connectivity index (χ1) is 10.3. The minimum Gasteiger partial charge on any atom is -0.379 e. The molecule has 0 aliphatic carbocycles. The smallest absolute Gasteiger partial charge is 0.232 e. The van der Waals surface area contributed by atoms with Crippen molar-refractivity contribution in [2.24, 2.45) is 0 Å². The van der Waals surface area contributed by atoms with Gasteiger partial charge in [0, 0.05) is 6.61 Å². The maximum absolute atomic E-state index is 12.7. The van der Waals surface area contributed by atoms with E-state index in [9.17, 15) is 4.79 Å². The first-order valence-corrected chi connectivity index (χ1v) is 7.32. The number of nitrogens with one attached hydrogen (secondary N) is 1. The second-order valence-electron chi connectivity index (χ2n) is 5.32. The fraction of sp³-hybridized carbons (Fsp3) is 0.278. The van der Waals surface area contributed by atoms with Crippen molar-refractivity contribution in [1.82, 2.24) is 5.32 Å². The molecule has 3 rings (SSSR count).